The maximum absolute atomic E-state index is 4.78. The van der Waals surface area contributed by atoms with Crippen LogP contribution < -0.4 is 5.32 Å². The standard InChI is InChI=1S/C14H26N4/c1-11(2)13-9-18(12(3)4)16-14(13)10-17-7-5-15-6-8-17/h9,11-12,15H,5-8,10H2,1-4H3. The van der Waals surface area contributed by atoms with E-state index in [1.165, 1.54) is 11.3 Å². The molecule has 1 fully saturated rings. The minimum Gasteiger partial charge on any atom is -0.314 e. The van der Waals surface area contributed by atoms with Gasteiger partial charge in [-0.3, -0.25) is 9.58 Å². The van der Waals surface area contributed by atoms with E-state index in [2.05, 4.69) is 48.8 Å². The average molecular weight is 250 g/mol. The zero-order valence-electron chi connectivity index (χ0n) is 12.1. The van der Waals surface area contributed by atoms with Crippen molar-refractivity contribution in [3.05, 3.63) is 17.5 Å². The second kappa shape index (κ2) is 5.85. The van der Waals surface area contributed by atoms with Gasteiger partial charge in [-0.2, -0.15) is 5.10 Å². The molecule has 1 aliphatic rings. The molecule has 2 rings (SSSR count). The van der Waals surface area contributed by atoms with Gasteiger partial charge in [0.05, 0.1) is 5.69 Å². The molecule has 1 aromatic heterocycles. The van der Waals surface area contributed by atoms with Gasteiger partial charge >= 0.3 is 0 Å². The molecule has 1 aliphatic heterocycles. The summed E-state index contributed by atoms with van der Waals surface area (Å²) in [6.07, 6.45) is 2.23. The summed E-state index contributed by atoms with van der Waals surface area (Å²) in [5, 5.41) is 8.17. The van der Waals surface area contributed by atoms with Crippen LogP contribution in [0.1, 0.15) is 50.9 Å². The molecule has 0 aliphatic carbocycles. The summed E-state index contributed by atoms with van der Waals surface area (Å²) in [4.78, 5) is 2.50. The van der Waals surface area contributed by atoms with Crippen molar-refractivity contribution in [2.24, 2.45) is 0 Å². The summed E-state index contributed by atoms with van der Waals surface area (Å²) in [6.45, 7) is 14.3. The van der Waals surface area contributed by atoms with Crippen LogP contribution >= 0.6 is 0 Å². The van der Waals surface area contributed by atoms with E-state index in [9.17, 15) is 0 Å². The normalized spacial score (nSPS) is 17.9. The molecule has 0 amide bonds. The van der Waals surface area contributed by atoms with Gasteiger partial charge in [0.15, 0.2) is 0 Å². The number of rotatable bonds is 4. The van der Waals surface area contributed by atoms with E-state index < -0.39 is 0 Å². The minimum atomic E-state index is 0.444. The highest BCUT2D eigenvalue weighted by molar-refractivity contribution is 5.21. The van der Waals surface area contributed by atoms with Gasteiger partial charge < -0.3 is 5.32 Å². The fourth-order valence-corrected chi connectivity index (χ4v) is 2.39. The zero-order valence-corrected chi connectivity index (χ0v) is 12.1. The lowest BCUT2D eigenvalue weighted by atomic mass is 10.0. The molecule has 0 spiro atoms. The van der Waals surface area contributed by atoms with Gasteiger partial charge in [-0.05, 0) is 25.3 Å². The van der Waals surface area contributed by atoms with E-state index in [-0.39, 0.29) is 0 Å². The van der Waals surface area contributed by atoms with Crippen LogP contribution in [-0.2, 0) is 6.54 Å². The van der Waals surface area contributed by atoms with Crippen LogP contribution in [0.5, 0.6) is 0 Å². The third kappa shape index (κ3) is 3.12. The second-order valence-electron chi connectivity index (χ2n) is 5.79. The third-order valence-corrected chi connectivity index (χ3v) is 3.57. The third-order valence-electron chi connectivity index (χ3n) is 3.57. The summed E-state index contributed by atoms with van der Waals surface area (Å²) in [6, 6.07) is 0.444. The maximum atomic E-state index is 4.78. The van der Waals surface area contributed by atoms with Crippen LogP contribution in [0.25, 0.3) is 0 Å². The van der Waals surface area contributed by atoms with Gasteiger partial charge in [-0.25, -0.2) is 0 Å². The molecule has 0 bridgehead atoms. The fourth-order valence-electron chi connectivity index (χ4n) is 2.39. The molecule has 0 saturated carbocycles. The molecule has 0 atom stereocenters. The van der Waals surface area contributed by atoms with Crippen molar-refractivity contribution in [1.29, 1.82) is 0 Å². The van der Waals surface area contributed by atoms with Crippen molar-refractivity contribution in [1.82, 2.24) is 20.0 Å². The lowest BCUT2D eigenvalue weighted by Gasteiger charge is -2.26. The molecule has 1 N–H and O–H groups in total. The highest BCUT2D eigenvalue weighted by Gasteiger charge is 2.17. The Hall–Kier alpha value is -0.870. The smallest absolute Gasteiger partial charge is 0.0799 e. The van der Waals surface area contributed by atoms with Crippen LogP contribution in [0.15, 0.2) is 6.20 Å². The van der Waals surface area contributed by atoms with E-state index in [1.807, 2.05) is 0 Å². The number of nitrogens with one attached hydrogen (secondary N) is 1. The first-order chi connectivity index (χ1) is 8.58. The SMILES string of the molecule is CC(C)c1cn(C(C)C)nc1CN1CCNCC1. The highest BCUT2D eigenvalue weighted by Crippen LogP contribution is 2.21. The number of hydrogen-bond acceptors (Lipinski definition) is 3. The zero-order chi connectivity index (χ0) is 13.1. The second-order valence-corrected chi connectivity index (χ2v) is 5.79. The average Bonchev–Trinajstić information content (AvgIpc) is 2.74. The Morgan fingerprint density at radius 3 is 2.44 bits per heavy atom. The van der Waals surface area contributed by atoms with Crippen molar-refractivity contribution in [3.8, 4) is 0 Å². The van der Waals surface area contributed by atoms with Crippen molar-refractivity contribution in [3.63, 3.8) is 0 Å². The Bertz CT molecular complexity index is 375. The molecule has 1 aromatic rings. The molecule has 0 aromatic carbocycles. The van der Waals surface area contributed by atoms with Gasteiger partial charge in [0.1, 0.15) is 0 Å². The summed E-state index contributed by atoms with van der Waals surface area (Å²) in [5.41, 5.74) is 2.67. The van der Waals surface area contributed by atoms with E-state index in [1.54, 1.807) is 0 Å². The van der Waals surface area contributed by atoms with E-state index in [0.29, 0.717) is 12.0 Å². The highest BCUT2D eigenvalue weighted by atomic mass is 15.3. The van der Waals surface area contributed by atoms with Crippen molar-refractivity contribution >= 4 is 0 Å². The van der Waals surface area contributed by atoms with Gasteiger partial charge in [-0.1, -0.05) is 13.8 Å². The first-order valence-electron chi connectivity index (χ1n) is 7.09. The number of nitrogens with zero attached hydrogens (tertiary/aromatic N) is 3. The molecule has 0 radical (unpaired) electrons. The van der Waals surface area contributed by atoms with E-state index >= 15 is 0 Å². The Kier molecular flexibility index (Phi) is 4.40. The van der Waals surface area contributed by atoms with Crippen LogP contribution in [0.4, 0.5) is 0 Å². The Morgan fingerprint density at radius 1 is 1.22 bits per heavy atom. The largest absolute Gasteiger partial charge is 0.314 e. The topological polar surface area (TPSA) is 33.1 Å². The van der Waals surface area contributed by atoms with Crippen molar-refractivity contribution in [2.75, 3.05) is 26.2 Å². The summed E-state index contributed by atoms with van der Waals surface area (Å²) in [5.74, 6) is 0.551. The number of aromatic nitrogens is 2. The van der Waals surface area contributed by atoms with Crippen molar-refractivity contribution in [2.45, 2.75) is 46.2 Å². The predicted molar refractivity (Wildman–Crippen MR) is 74.8 cm³/mol. The Balaban J connectivity index is 2.14. The summed E-state index contributed by atoms with van der Waals surface area (Å²) >= 11 is 0. The molecule has 18 heavy (non-hydrogen) atoms. The molecular formula is C14H26N4. The minimum absolute atomic E-state index is 0.444. The summed E-state index contributed by atoms with van der Waals surface area (Å²) in [7, 11) is 0. The predicted octanol–water partition coefficient (Wildman–Crippen LogP) is 1.99. The monoisotopic (exact) mass is 250 g/mol. The molecule has 0 unspecified atom stereocenters. The van der Waals surface area contributed by atoms with Gasteiger partial charge in [0.25, 0.3) is 0 Å². The molecule has 1 saturated heterocycles. The van der Waals surface area contributed by atoms with E-state index in [4.69, 9.17) is 5.10 Å². The van der Waals surface area contributed by atoms with E-state index in [0.717, 1.165) is 32.7 Å². The number of piperazine rings is 1. The van der Waals surface area contributed by atoms with Crippen LogP contribution in [-0.4, -0.2) is 40.9 Å². The Morgan fingerprint density at radius 2 is 1.89 bits per heavy atom. The van der Waals surface area contributed by atoms with Crippen LogP contribution in [0.3, 0.4) is 0 Å². The maximum Gasteiger partial charge on any atom is 0.0799 e. The molecular weight excluding hydrogens is 224 g/mol. The molecule has 4 nitrogen and oxygen atoms in total. The lowest BCUT2D eigenvalue weighted by Crippen LogP contribution is -2.43. The first-order valence-corrected chi connectivity index (χ1v) is 7.09. The molecule has 4 heteroatoms. The quantitative estimate of drug-likeness (QED) is 0.887. The Labute approximate surface area is 110 Å². The molecule has 102 valence electrons. The van der Waals surface area contributed by atoms with Gasteiger partial charge in [-0.15, -0.1) is 0 Å². The van der Waals surface area contributed by atoms with Gasteiger partial charge in [0.2, 0.25) is 0 Å². The lowest BCUT2D eigenvalue weighted by molar-refractivity contribution is 0.229. The summed E-state index contributed by atoms with van der Waals surface area (Å²) < 4.78 is 2.10. The number of hydrogen-bond donors (Lipinski definition) is 1. The van der Waals surface area contributed by atoms with Gasteiger partial charge in [0, 0.05) is 45.0 Å². The fraction of sp³-hybridized carbons (Fsp3) is 0.786. The van der Waals surface area contributed by atoms with Crippen LogP contribution in [0.2, 0.25) is 0 Å². The van der Waals surface area contributed by atoms with Crippen molar-refractivity contribution < 1.29 is 0 Å². The first kappa shape index (κ1) is 13.6. The molecule has 2 heterocycles. The van der Waals surface area contributed by atoms with Crippen LogP contribution in [0, 0.1) is 0 Å².